The number of hydrogen-bond donors (Lipinski definition) is 1. The number of nitrogens with one attached hydrogen (secondary N) is 1. The average Bonchev–Trinajstić information content (AvgIpc) is 3.09. The van der Waals surface area contributed by atoms with Crippen LogP contribution in [-0.4, -0.2) is 10.9 Å². The highest BCUT2D eigenvalue weighted by atomic mass is 35.5. The summed E-state index contributed by atoms with van der Waals surface area (Å²) in [7, 11) is 0. The third kappa shape index (κ3) is 2.96. The first-order valence-electron chi connectivity index (χ1n) is 5.89. The zero-order chi connectivity index (χ0) is 14.8. The second-order valence-corrected chi connectivity index (χ2v) is 5.31. The van der Waals surface area contributed by atoms with Crippen LogP contribution in [0.2, 0.25) is 5.22 Å². The van der Waals surface area contributed by atoms with Gasteiger partial charge < -0.3 is 4.42 Å². The Kier molecular flexibility index (Phi) is 3.72. The van der Waals surface area contributed by atoms with E-state index in [9.17, 15) is 9.18 Å². The minimum Gasteiger partial charge on any atom is -0.452 e. The molecule has 0 saturated carbocycles. The Labute approximate surface area is 128 Å². The summed E-state index contributed by atoms with van der Waals surface area (Å²) in [5.41, 5.74) is 1.68. The summed E-state index contributed by atoms with van der Waals surface area (Å²) in [6, 6.07) is 7.45. The van der Waals surface area contributed by atoms with Gasteiger partial charge in [-0.05, 0) is 41.9 Å². The fraction of sp³-hybridized carbons (Fsp3) is 0. The monoisotopic (exact) mass is 322 g/mol. The number of thiazole rings is 1. The molecule has 1 N–H and O–H groups in total. The minimum atomic E-state index is -0.395. The van der Waals surface area contributed by atoms with Crippen molar-refractivity contribution in [1.29, 1.82) is 0 Å². The van der Waals surface area contributed by atoms with Crippen LogP contribution >= 0.6 is 22.9 Å². The maximum absolute atomic E-state index is 12.9. The van der Waals surface area contributed by atoms with Crippen LogP contribution in [0.15, 0.2) is 46.4 Å². The van der Waals surface area contributed by atoms with Gasteiger partial charge in [0.15, 0.2) is 5.13 Å². The molecule has 7 heteroatoms. The summed E-state index contributed by atoms with van der Waals surface area (Å²) in [5, 5.41) is 4.87. The SMILES string of the molecule is O=C(Nc1nc(-c2ccc(F)cc2)cs1)c1ccoc1Cl. The Hall–Kier alpha value is -2.18. The molecule has 3 rings (SSSR count). The Balaban J connectivity index is 1.78. The van der Waals surface area contributed by atoms with Gasteiger partial charge in [0.25, 0.3) is 5.91 Å². The lowest BCUT2D eigenvalue weighted by atomic mass is 10.2. The van der Waals surface area contributed by atoms with E-state index in [-0.39, 0.29) is 16.6 Å². The lowest BCUT2D eigenvalue weighted by molar-refractivity contribution is 0.102. The van der Waals surface area contributed by atoms with Crippen molar-refractivity contribution >= 4 is 34.0 Å². The molecule has 1 amide bonds. The molecule has 0 radical (unpaired) electrons. The van der Waals surface area contributed by atoms with Crippen molar-refractivity contribution in [3.05, 3.63) is 58.6 Å². The molecule has 0 aliphatic heterocycles. The molecule has 2 aromatic heterocycles. The van der Waals surface area contributed by atoms with Crippen molar-refractivity contribution in [2.75, 3.05) is 5.32 Å². The van der Waals surface area contributed by atoms with Gasteiger partial charge in [0.1, 0.15) is 5.82 Å². The van der Waals surface area contributed by atoms with E-state index in [0.717, 1.165) is 5.56 Å². The fourth-order valence-corrected chi connectivity index (χ4v) is 2.62. The van der Waals surface area contributed by atoms with E-state index < -0.39 is 5.91 Å². The van der Waals surface area contributed by atoms with Gasteiger partial charge in [0, 0.05) is 10.9 Å². The van der Waals surface area contributed by atoms with Gasteiger partial charge in [-0.2, -0.15) is 0 Å². The number of hydrogen-bond acceptors (Lipinski definition) is 4. The molecule has 0 spiro atoms. The molecule has 1 aromatic carbocycles. The summed E-state index contributed by atoms with van der Waals surface area (Å²) in [6.45, 7) is 0. The molecule has 3 aromatic rings. The number of aromatic nitrogens is 1. The van der Waals surface area contributed by atoms with E-state index in [0.29, 0.717) is 10.8 Å². The number of nitrogens with zero attached hydrogens (tertiary/aromatic N) is 1. The van der Waals surface area contributed by atoms with Crippen LogP contribution < -0.4 is 5.32 Å². The highest BCUT2D eigenvalue weighted by Crippen LogP contribution is 2.26. The quantitative estimate of drug-likeness (QED) is 0.775. The Morgan fingerprint density at radius 2 is 2.05 bits per heavy atom. The first kappa shape index (κ1) is 13.8. The summed E-state index contributed by atoms with van der Waals surface area (Å²) >= 11 is 7.01. The maximum Gasteiger partial charge on any atom is 0.262 e. The average molecular weight is 323 g/mol. The molecule has 0 atom stereocenters. The van der Waals surface area contributed by atoms with Gasteiger partial charge in [-0.15, -0.1) is 11.3 Å². The lowest BCUT2D eigenvalue weighted by Crippen LogP contribution is -2.11. The number of benzene rings is 1. The van der Waals surface area contributed by atoms with Gasteiger partial charge in [-0.25, -0.2) is 9.37 Å². The molecule has 0 aliphatic rings. The summed E-state index contributed by atoms with van der Waals surface area (Å²) < 4.78 is 17.7. The Morgan fingerprint density at radius 3 is 2.71 bits per heavy atom. The van der Waals surface area contributed by atoms with E-state index >= 15 is 0 Å². The molecule has 0 bridgehead atoms. The fourth-order valence-electron chi connectivity index (χ4n) is 1.70. The van der Waals surface area contributed by atoms with Crippen LogP contribution in [0.1, 0.15) is 10.4 Å². The number of halogens is 2. The van der Waals surface area contributed by atoms with E-state index in [1.165, 1.54) is 35.8 Å². The van der Waals surface area contributed by atoms with E-state index in [1.807, 2.05) is 0 Å². The van der Waals surface area contributed by atoms with Gasteiger partial charge in [-0.3, -0.25) is 10.1 Å². The second-order valence-electron chi connectivity index (χ2n) is 4.11. The van der Waals surface area contributed by atoms with Crippen molar-refractivity contribution in [2.24, 2.45) is 0 Å². The van der Waals surface area contributed by atoms with Crippen molar-refractivity contribution in [3.8, 4) is 11.3 Å². The molecule has 4 nitrogen and oxygen atoms in total. The van der Waals surface area contributed by atoms with Gasteiger partial charge in [0.2, 0.25) is 5.22 Å². The van der Waals surface area contributed by atoms with Gasteiger partial charge in [-0.1, -0.05) is 0 Å². The normalized spacial score (nSPS) is 10.6. The number of anilines is 1. The van der Waals surface area contributed by atoms with Crippen LogP contribution in [0.25, 0.3) is 11.3 Å². The number of amides is 1. The molecule has 0 aliphatic carbocycles. The largest absolute Gasteiger partial charge is 0.452 e. The molecule has 0 fully saturated rings. The molecule has 21 heavy (non-hydrogen) atoms. The van der Waals surface area contributed by atoms with Crippen molar-refractivity contribution in [2.45, 2.75) is 0 Å². The topological polar surface area (TPSA) is 55.1 Å². The van der Waals surface area contributed by atoms with E-state index in [1.54, 1.807) is 17.5 Å². The Bertz CT molecular complexity index is 782. The zero-order valence-electron chi connectivity index (χ0n) is 10.5. The highest BCUT2D eigenvalue weighted by Gasteiger charge is 2.15. The molecule has 2 heterocycles. The summed E-state index contributed by atoms with van der Waals surface area (Å²) in [4.78, 5) is 16.2. The van der Waals surface area contributed by atoms with Gasteiger partial charge >= 0.3 is 0 Å². The molecular formula is C14H8ClFN2O2S. The van der Waals surface area contributed by atoms with Crippen LogP contribution in [-0.2, 0) is 0 Å². The third-order valence-corrected chi connectivity index (χ3v) is 3.78. The second kappa shape index (κ2) is 5.67. The number of rotatable bonds is 3. The van der Waals surface area contributed by atoms with E-state index in [4.69, 9.17) is 16.0 Å². The third-order valence-electron chi connectivity index (χ3n) is 2.73. The van der Waals surface area contributed by atoms with Crippen LogP contribution in [0.5, 0.6) is 0 Å². The first-order valence-corrected chi connectivity index (χ1v) is 7.15. The summed E-state index contributed by atoms with van der Waals surface area (Å²) in [6.07, 6.45) is 1.34. The van der Waals surface area contributed by atoms with Crippen molar-refractivity contribution < 1.29 is 13.6 Å². The number of carbonyl (C=O) groups excluding carboxylic acids is 1. The summed E-state index contributed by atoms with van der Waals surface area (Å²) in [5.74, 6) is -0.703. The van der Waals surface area contributed by atoms with E-state index in [2.05, 4.69) is 10.3 Å². The Morgan fingerprint density at radius 1 is 1.29 bits per heavy atom. The standard InChI is InChI=1S/C14H8ClFN2O2S/c15-12-10(5-6-20-12)13(19)18-14-17-11(7-21-14)8-1-3-9(16)4-2-8/h1-7H,(H,17,18,19). The smallest absolute Gasteiger partial charge is 0.262 e. The van der Waals surface area contributed by atoms with Crippen molar-refractivity contribution in [3.63, 3.8) is 0 Å². The van der Waals surface area contributed by atoms with Crippen LogP contribution in [0, 0.1) is 5.82 Å². The van der Waals surface area contributed by atoms with Gasteiger partial charge in [0.05, 0.1) is 17.5 Å². The molecular weight excluding hydrogens is 315 g/mol. The van der Waals surface area contributed by atoms with Crippen LogP contribution in [0.3, 0.4) is 0 Å². The predicted octanol–water partition coefficient (Wildman–Crippen LogP) is 4.45. The predicted molar refractivity (Wildman–Crippen MR) is 79.2 cm³/mol. The lowest BCUT2D eigenvalue weighted by Gasteiger charge is -1.99. The first-order chi connectivity index (χ1) is 10.1. The molecule has 0 saturated heterocycles. The number of carbonyl (C=O) groups is 1. The number of furan rings is 1. The minimum absolute atomic E-state index is 0.0304. The van der Waals surface area contributed by atoms with Crippen molar-refractivity contribution in [1.82, 2.24) is 4.98 Å². The molecule has 0 unspecified atom stereocenters. The molecule has 106 valence electrons. The maximum atomic E-state index is 12.9. The highest BCUT2D eigenvalue weighted by molar-refractivity contribution is 7.14. The zero-order valence-corrected chi connectivity index (χ0v) is 12.0. The van der Waals surface area contributed by atoms with Crippen LogP contribution in [0.4, 0.5) is 9.52 Å².